The SMILES string of the molecule is CC(SCC(=O)Nc1ccc(F)cc1)C(=O)NC(c1ccc(F)cc1)C(C)(C)C. The molecule has 2 atom stereocenters. The van der Waals surface area contributed by atoms with Gasteiger partial charge in [-0.25, -0.2) is 8.78 Å². The summed E-state index contributed by atoms with van der Waals surface area (Å²) in [4.78, 5) is 24.7. The molecule has 0 aliphatic carbocycles. The first-order chi connectivity index (χ1) is 13.6. The van der Waals surface area contributed by atoms with Gasteiger partial charge in [-0.15, -0.1) is 11.8 Å². The summed E-state index contributed by atoms with van der Waals surface area (Å²) in [5.41, 5.74) is 1.04. The quantitative estimate of drug-likeness (QED) is 0.668. The van der Waals surface area contributed by atoms with Gasteiger partial charge in [0.15, 0.2) is 0 Å². The predicted molar refractivity (Wildman–Crippen MR) is 114 cm³/mol. The number of hydrogen-bond acceptors (Lipinski definition) is 3. The lowest BCUT2D eigenvalue weighted by atomic mass is 9.82. The second-order valence-electron chi connectivity index (χ2n) is 7.87. The number of hydrogen-bond donors (Lipinski definition) is 2. The second-order valence-corrected chi connectivity index (χ2v) is 9.20. The number of nitrogens with one attached hydrogen (secondary N) is 2. The summed E-state index contributed by atoms with van der Waals surface area (Å²) in [6, 6.07) is 11.3. The van der Waals surface area contributed by atoms with Crippen molar-refractivity contribution < 1.29 is 18.4 Å². The number of amides is 2. The maximum Gasteiger partial charge on any atom is 0.234 e. The number of halogens is 2. The van der Waals surface area contributed by atoms with Crippen LogP contribution >= 0.6 is 11.8 Å². The molecule has 0 saturated carbocycles. The Bertz CT molecular complexity index is 833. The van der Waals surface area contributed by atoms with Gasteiger partial charge in [-0.3, -0.25) is 9.59 Å². The van der Waals surface area contributed by atoms with Crippen molar-refractivity contribution in [2.24, 2.45) is 5.41 Å². The van der Waals surface area contributed by atoms with E-state index in [1.807, 2.05) is 20.8 Å². The molecule has 0 heterocycles. The molecule has 0 radical (unpaired) electrons. The van der Waals surface area contributed by atoms with Crippen LogP contribution in [0.25, 0.3) is 0 Å². The van der Waals surface area contributed by atoms with Crippen molar-refractivity contribution in [1.82, 2.24) is 5.32 Å². The highest BCUT2D eigenvalue weighted by Gasteiger charge is 2.29. The van der Waals surface area contributed by atoms with Gasteiger partial charge in [-0.2, -0.15) is 0 Å². The van der Waals surface area contributed by atoms with Crippen molar-refractivity contribution in [1.29, 1.82) is 0 Å². The molecule has 7 heteroatoms. The summed E-state index contributed by atoms with van der Waals surface area (Å²) in [5.74, 6) is -1.09. The van der Waals surface area contributed by atoms with Gasteiger partial charge >= 0.3 is 0 Å². The van der Waals surface area contributed by atoms with E-state index in [2.05, 4.69) is 10.6 Å². The first-order valence-corrected chi connectivity index (χ1v) is 10.3. The lowest BCUT2D eigenvalue weighted by Gasteiger charge is -2.32. The van der Waals surface area contributed by atoms with E-state index < -0.39 is 5.25 Å². The van der Waals surface area contributed by atoms with Gasteiger partial charge in [0.25, 0.3) is 0 Å². The fourth-order valence-corrected chi connectivity index (χ4v) is 3.41. The average molecular weight is 421 g/mol. The Morgan fingerprint density at radius 2 is 1.48 bits per heavy atom. The van der Waals surface area contributed by atoms with E-state index >= 15 is 0 Å². The molecule has 0 fully saturated rings. The van der Waals surface area contributed by atoms with E-state index in [0.717, 1.165) is 5.56 Å². The Labute approximate surface area is 174 Å². The summed E-state index contributed by atoms with van der Waals surface area (Å²) in [5, 5.41) is 5.22. The van der Waals surface area contributed by atoms with Crippen LogP contribution in [0.15, 0.2) is 48.5 Å². The zero-order valence-corrected chi connectivity index (χ0v) is 17.8. The van der Waals surface area contributed by atoms with E-state index in [1.54, 1.807) is 19.1 Å². The Morgan fingerprint density at radius 3 is 2.00 bits per heavy atom. The summed E-state index contributed by atoms with van der Waals surface area (Å²) >= 11 is 1.21. The monoisotopic (exact) mass is 420 g/mol. The van der Waals surface area contributed by atoms with Crippen molar-refractivity contribution >= 4 is 29.3 Å². The first-order valence-electron chi connectivity index (χ1n) is 9.29. The zero-order valence-electron chi connectivity index (χ0n) is 17.0. The summed E-state index contributed by atoms with van der Waals surface area (Å²) < 4.78 is 26.2. The summed E-state index contributed by atoms with van der Waals surface area (Å²) in [7, 11) is 0. The molecule has 2 amide bonds. The van der Waals surface area contributed by atoms with Gasteiger partial charge in [0.1, 0.15) is 11.6 Å². The Morgan fingerprint density at radius 1 is 0.966 bits per heavy atom. The van der Waals surface area contributed by atoms with Gasteiger partial charge in [-0.1, -0.05) is 32.9 Å². The molecule has 0 bridgehead atoms. The molecule has 4 nitrogen and oxygen atoms in total. The molecule has 2 N–H and O–H groups in total. The lowest BCUT2D eigenvalue weighted by Crippen LogP contribution is -2.40. The fourth-order valence-electron chi connectivity index (χ4n) is 2.72. The highest BCUT2D eigenvalue weighted by molar-refractivity contribution is 8.01. The third kappa shape index (κ3) is 7.16. The molecule has 2 rings (SSSR count). The van der Waals surface area contributed by atoms with Crippen LogP contribution in [0.5, 0.6) is 0 Å². The maximum atomic E-state index is 13.2. The molecule has 2 unspecified atom stereocenters. The molecule has 0 saturated heterocycles. The molecule has 0 spiro atoms. The fraction of sp³-hybridized carbons (Fsp3) is 0.364. The van der Waals surface area contributed by atoms with E-state index in [9.17, 15) is 18.4 Å². The third-order valence-electron chi connectivity index (χ3n) is 4.32. The van der Waals surface area contributed by atoms with E-state index in [0.29, 0.717) is 5.69 Å². The zero-order chi connectivity index (χ0) is 21.6. The highest BCUT2D eigenvalue weighted by Crippen LogP contribution is 2.33. The number of thioether (sulfide) groups is 1. The van der Waals surface area contributed by atoms with Crippen LogP contribution in [0.4, 0.5) is 14.5 Å². The van der Waals surface area contributed by atoms with Crippen LogP contribution in [0, 0.1) is 17.0 Å². The molecule has 0 aromatic heterocycles. The van der Waals surface area contributed by atoms with Crippen LogP contribution in [-0.2, 0) is 9.59 Å². The Balaban J connectivity index is 1.92. The minimum Gasteiger partial charge on any atom is -0.348 e. The molecule has 0 aliphatic heterocycles. The first kappa shape index (κ1) is 22.9. The van der Waals surface area contributed by atoms with Crippen molar-refractivity contribution in [2.45, 2.75) is 39.0 Å². The van der Waals surface area contributed by atoms with Crippen LogP contribution in [0.3, 0.4) is 0 Å². The van der Waals surface area contributed by atoms with Crippen molar-refractivity contribution in [3.8, 4) is 0 Å². The number of carbonyl (C=O) groups is 2. The minimum absolute atomic E-state index is 0.0860. The standard InChI is InChI=1S/C22H26F2N2O2S/c1-14(29-13-19(27)25-18-11-9-17(24)10-12-18)21(28)26-20(22(2,3)4)15-5-7-16(23)8-6-15/h5-12,14,20H,13H2,1-4H3,(H,25,27)(H,26,28). The van der Waals surface area contributed by atoms with E-state index in [1.165, 1.54) is 48.2 Å². The van der Waals surface area contributed by atoms with E-state index in [-0.39, 0.29) is 40.7 Å². The molecular formula is C22H26F2N2O2S. The smallest absolute Gasteiger partial charge is 0.234 e. The minimum atomic E-state index is -0.459. The molecule has 0 aliphatic rings. The van der Waals surface area contributed by atoms with Crippen LogP contribution in [-0.4, -0.2) is 22.8 Å². The predicted octanol–water partition coefficient (Wildman–Crippen LogP) is 4.93. The normalized spacial score (nSPS) is 13.4. The largest absolute Gasteiger partial charge is 0.348 e. The van der Waals surface area contributed by atoms with Gasteiger partial charge < -0.3 is 10.6 Å². The third-order valence-corrected chi connectivity index (χ3v) is 5.46. The van der Waals surface area contributed by atoms with Gasteiger partial charge in [-0.05, 0) is 54.3 Å². The molecule has 29 heavy (non-hydrogen) atoms. The van der Waals surface area contributed by atoms with Gasteiger partial charge in [0.2, 0.25) is 11.8 Å². The molecule has 2 aromatic rings. The van der Waals surface area contributed by atoms with Crippen LogP contribution < -0.4 is 10.6 Å². The van der Waals surface area contributed by atoms with Crippen molar-refractivity contribution in [3.63, 3.8) is 0 Å². The maximum absolute atomic E-state index is 13.2. The number of rotatable bonds is 7. The van der Waals surface area contributed by atoms with Crippen LogP contribution in [0.2, 0.25) is 0 Å². The molecule has 156 valence electrons. The topological polar surface area (TPSA) is 58.2 Å². The van der Waals surface area contributed by atoms with Crippen molar-refractivity contribution in [2.75, 3.05) is 11.1 Å². The summed E-state index contributed by atoms with van der Waals surface area (Å²) in [6.07, 6.45) is 0. The number of benzene rings is 2. The van der Waals surface area contributed by atoms with Gasteiger partial charge in [0.05, 0.1) is 17.0 Å². The van der Waals surface area contributed by atoms with Crippen molar-refractivity contribution in [3.05, 3.63) is 65.7 Å². The second kappa shape index (κ2) is 9.87. The van der Waals surface area contributed by atoms with Crippen LogP contribution in [0.1, 0.15) is 39.3 Å². The Hall–Kier alpha value is -2.41. The highest BCUT2D eigenvalue weighted by atomic mass is 32.2. The number of anilines is 1. The lowest BCUT2D eigenvalue weighted by molar-refractivity contribution is -0.121. The summed E-state index contributed by atoms with van der Waals surface area (Å²) in [6.45, 7) is 7.72. The molecular weight excluding hydrogens is 394 g/mol. The number of carbonyl (C=O) groups excluding carboxylic acids is 2. The average Bonchev–Trinajstić information content (AvgIpc) is 2.66. The van der Waals surface area contributed by atoms with Gasteiger partial charge in [0, 0.05) is 5.69 Å². The molecule has 2 aromatic carbocycles. The van der Waals surface area contributed by atoms with E-state index in [4.69, 9.17) is 0 Å². The Kier molecular flexibility index (Phi) is 7.79.